The second-order valence-corrected chi connectivity index (χ2v) is 4.10. The molecule has 4 heteroatoms. The van der Waals surface area contributed by atoms with Crippen LogP contribution in [0, 0.1) is 5.92 Å². The molecule has 0 fully saturated rings. The van der Waals surface area contributed by atoms with Crippen LogP contribution in [0.25, 0.3) is 0 Å². The van der Waals surface area contributed by atoms with Crippen molar-refractivity contribution in [2.75, 3.05) is 13.7 Å². The number of carbonyl (C=O) groups excluding carboxylic acids is 1. The van der Waals surface area contributed by atoms with Gasteiger partial charge in [0.2, 0.25) is 0 Å². The Bertz CT molecular complexity index is 358. The lowest BCUT2D eigenvalue weighted by atomic mass is 9.93. The monoisotopic (exact) mass is 238 g/mol. The van der Waals surface area contributed by atoms with Crippen LogP contribution >= 0.6 is 0 Å². The maximum atomic E-state index is 11.1. The number of hydrogen-bond acceptors (Lipinski definition) is 4. The molecule has 1 aromatic rings. The first-order valence-corrected chi connectivity index (χ1v) is 5.53. The minimum Gasteiger partial charge on any atom is -0.497 e. The summed E-state index contributed by atoms with van der Waals surface area (Å²) < 4.78 is 5.04. The first-order valence-electron chi connectivity index (χ1n) is 5.53. The fourth-order valence-corrected chi connectivity index (χ4v) is 1.66. The molecule has 0 radical (unpaired) electrons. The van der Waals surface area contributed by atoms with Crippen LogP contribution in [0.4, 0.5) is 0 Å². The topological polar surface area (TPSA) is 66.8 Å². The number of aliphatic hydroxyl groups is 2. The van der Waals surface area contributed by atoms with Crippen LogP contribution in [-0.4, -0.2) is 35.8 Å². The van der Waals surface area contributed by atoms with E-state index in [1.54, 1.807) is 14.0 Å². The predicted octanol–water partition coefficient (Wildman–Crippen LogP) is 0.796. The van der Waals surface area contributed by atoms with E-state index < -0.39 is 18.5 Å². The van der Waals surface area contributed by atoms with Gasteiger partial charge in [-0.2, -0.15) is 0 Å². The third-order valence-electron chi connectivity index (χ3n) is 2.74. The number of ether oxygens (including phenoxy) is 1. The average Bonchev–Trinajstić information content (AvgIpc) is 2.37. The van der Waals surface area contributed by atoms with Crippen molar-refractivity contribution in [2.45, 2.75) is 19.4 Å². The lowest BCUT2D eigenvalue weighted by Crippen LogP contribution is -2.31. The lowest BCUT2D eigenvalue weighted by Gasteiger charge is -2.16. The van der Waals surface area contributed by atoms with Crippen molar-refractivity contribution >= 4 is 5.78 Å². The van der Waals surface area contributed by atoms with Crippen molar-refractivity contribution in [2.24, 2.45) is 5.92 Å². The van der Waals surface area contributed by atoms with Gasteiger partial charge in [0.1, 0.15) is 18.5 Å². The number of carbonyl (C=O) groups is 1. The molecule has 0 heterocycles. The van der Waals surface area contributed by atoms with E-state index in [9.17, 15) is 9.90 Å². The Morgan fingerprint density at radius 3 is 2.41 bits per heavy atom. The van der Waals surface area contributed by atoms with Gasteiger partial charge in [0, 0.05) is 0 Å². The molecule has 1 aromatic carbocycles. The second-order valence-electron chi connectivity index (χ2n) is 4.10. The van der Waals surface area contributed by atoms with Gasteiger partial charge in [-0.3, -0.25) is 4.79 Å². The molecule has 0 bridgehead atoms. The van der Waals surface area contributed by atoms with Gasteiger partial charge in [-0.1, -0.05) is 19.1 Å². The van der Waals surface area contributed by atoms with Gasteiger partial charge >= 0.3 is 0 Å². The lowest BCUT2D eigenvalue weighted by molar-refractivity contribution is -0.132. The summed E-state index contributed by atoms with van der Waals surface area (Å²) in [5.74, 6) is 0.0162. The van der Waals surface area contributed by atoms with Gasteiger partial charge in [0.05, 0.1) is 7.11 Å². The predicted molar refractivity (Wildman–Crippen MR) is 64.0 cm³/mol. The molecule has 4 nitrogen and oxygen atoms in total. The molecule has 0 spiro atoms. The van der Waals surface area contributed by atoms with E-state index in [4.69, 9.17) is 9.84 Å². The SMILES string of the molecule is COc1ccc(CC(C)C(O)C(=O)CO)cc1. The zero-order valence-corrected chi connectivity index (χ0v) is 10.1. The molecule has 0 saturated heterocycles. The number of hydrogen-bond donors (Lipinski definition) is 2. The number of ketones is 1. The van der Waals surface area contributed by atoms with E-state index in [1.807, 2.05) is 24.3 Å². The van der Waals surface area contributed by atoms with Crippen LogP contribution in [0.2, 0.25) is 0 Å². The maximum Gasteiger partial charge on any atom is 0.186 e. The Hall–Kier alpha value is -1.39. The maximum absolute atomic E-state index is 11.1. The smallest absolute Gasteiger partial charge is 0.186 e. The van der Waals surface area contributed by atoms with Crippen LogP contribution in [0.3, 0.4) is 0 Å². The molecule has 0 saturated carbocycles. The van der Waals surface area contributed by atoms with E-state index in [2.05, 4.69) is 0 Å². The molecular weight excluding hydrogens is 220 g/mol. The van der Waals surface area contributed by atoms with E-state index in [1.165, 1.54) is 0 Å². The summed E-state index contributed by atoms with van der Waals surface area (Å²) in [6.45, 7) is 1.16. The second kappa shape index (κ2) is 6.37. The molecule has 2 unspecified atom stereocenters. The first kappa shape index (κ1) is 13.7. The minimum atomic E-state index is -1.11. The molecule has 2 N–H and O–H groups in total. The number of benzene rings is 1. The highest BCUT2D eigenvalue weighted by atomic mass is 16.5. The highest BCUT2D eigenvalue weighted by molar-refractivity contribution is 5.84. The molecule has 17 heavy (non-hydrogen) atoms. The Morgan fingerprint density at radius 1 is 1.35 bits per heavy atom. The van der Waals surface area contributed by atoms with E-state index >= 15 is 0 Å². The highest BCUT2D eigenvalue weighted by Crippen LogP contribution is 2.16. The fourth-order valence-electron chi connectivity index (χ4n) is 1.66. The van der Waals surface area contributed by atoms with Crippen molar-refractivity contribution in [3.05, 3.63) is 29.8 Å². The first-order chi connectivity index (χ1) is 8.08. The summed E-state index contributed by atoms with van der Waals surface area (Å²) in [4.78, 5) is 11.1. The molecule has 94 valence electrons. The highest BCUT2D eigenvalue weighted by Gasteiger charge is 2.21. The summed E-state index contributed by atoms with van der Waals surface area (Å²) in [7, 11) is 1.60. The van der Waals surface area contributed by atoms with Gasteiger partial charge in [0.25, 0.3) is 0 Å². The third kappa shape index (κ3) is 3.84. The minimum absolute atomic E-state index is 0.219. The van der Waals surface area contributed by atoms with Crippen molar-refractivity contribution in [3.8, 4) is 5.75 Å². The zero-order valence-electron chi connectivity index (χ0n) is 10.1. The van der Waals surface area contributed by atoms with Gasteiger partial charge < -0.3 is 14.9 Å². The Morgan fingerprint density at radius 2 is 1.94 bits per heavy atom. The van der Waals surface area contributed by atoms with Gasteiger partial charge in [0.15, 0.2) is 5.78 Å². The quantitative estimate of drug-likeness (QED) is 0.769. The van der Waals surface area contributed by atoms with E-state index in [-0.39, 0.29) is 5.92 Å². The summed E-state index contributed by atoms with van der Waals surface area (Å²) in [5, 5.41) is 18.3. The van der Waals surface area contributed by atoms with E-state index in [0.29, 0.717) is 6.42 Å². The largest absolute Gasteiger partial charge is 0.497 e. The van der Waals surface area contributed by atoms with Crippen LogP contribution in [0.1, 0.15) is 12.5 Å². The Labute approximate surface area is 101 Å². The summed E-state index contributed by atoms with van der Waals surface area (Å²) in [6.07, 6.45) is -0.529. The standard InChI is InChI=1S/C13H18O4/c1-9(13(16)12(15)8-14)7-10-3-5-11(17-2)6-4-10/h3-6,9,13-14,16H,7-8H2,1-2H3. The summed E-state index contributed by atoms with van der Waals surface area (Å²) in [6, 6.07) is 7.46. The summed E-state index contributed by atoms with van der Waals surface area (Å²) >= 11 is 0. The van der Waals surface area contributed by atoms with Gasteiger partial charge in [-0.05, 0) is 30.0 Å². The van der Waals surface area contributed by atoms with Crippen LogP contribution in [-0.2, 0) is 11.2 Å². The zero-order chi connectivity index (χ0) is 12.8. The molecule has 1 rings (SSSR count). The van der Waals surface area contributed by atoms with E-state index in [0.717, 1.165) is 11.3 Å². The van der Waals surface area contributed by atoms with Crippen LogP contribution in [0.5, 0.6) is 5.75 Å². The van der Waals surface area contributed by atoms with Crippen molar-refractivity contribution in [1.29, 1.82) is 0 Å². The Balaban J connectivity index is 2.60. The number of methoxy groups -OCH3 is 1. The van der Waals surface area contributed by atoms with Crippen molar-refractivity contribution in [1.82, 2.24) is 0 Å². The molecule has 0 amide bonds. The average molecular weight is 238 g/mol. The molecule has 0 aliphatic heterocycles. The van der Waals surface area contributed by atoms with Crippen molar-refractivity contribution < 1.29 is 19.7 Å². The molecule has 0 aromatic heterocycles. The molecule has 2 atom stereocenters. The third-order valence-corrected chi connectivity index (χ3v) is 2.74. The van der Waals surface area contributed by atoms with Crippen LogP contribution < -0.4 is 4.74 Å². The van der Waals surface area contributed by atoms with Crippen molar-refractivity contribution in [3.63, 3.8) is 0 Å². The number of aliphatic hydroxyl groups excluding tert-OH is 2. The molecule has 0 aliphatic rings. The fraction of sp³-hybridized carbons (Fsp3) is 0.462. The Kier molecular flexibility index (Phi) is 5.12. The van der Waals surface area contributed by atoms with Gasteiger partial charge in [-0.25, -0.2) is 0 Å². The number of rotatable bonds is 6. The van der Waals surface area contributed by atoms with Gasteiger partial charge in [-0.15, -0.1) is 0 Å². The normalized spacial score (nSPS) is 14.1. The molecule has 0 aliphatic carbocycles. The molecular formula is C13H18O4. The summed E-state index contributed by atoms with van der Waals surface area (Å²) in [5.41, 5.74) is 1.02. The number of Topliss-reactive ketones (excluding diaryl/α,β-unsaturated/α-hetero) is 1. The van der Waals surface area contributed by atoms with Crippen LogP contribution in [0.15, 0.2) is 24.3 Å².